The quantitative estimate of drug-likeness (QED) is 0.672. The van der Waals surface area contributed by atoms with E-state index >= 15 is 0 Å². The van der Waals surface area contributed by atoms with Crippen molar-refractivity contribution in [3.05, 3.63) is 60.7 Å². The van der Waals surface area contributed by atoms with Gasteiger partial charge in [0.15, 0.2) is 0 Å². The van der Waals surface area contributed by atoms with Crippen molar-refractivity contribution in [3.8, 4) is 0 Å². The summed E-state index contributed by atoms with van der Waals surface area (Å²) in [4.78, 5) is 0. The van der Waals surface area contributed by atoms with Crippen molar-refractivity contribution in [1.82, 2.24) is 0 Å². The third kappa shape index (κ3) is 4.57. The van der Waals surface area contributed by atoms with Crippen molar-refractivity contribution in [3.63, 3.8) is 0 Å². The van der Waals surface area contributed by atoms with Gasteiger partial charge in [-0.3, -0.25) is 0 Å². The Labute approximate surface area is 112 Å². The van der Waals surface area contributed by atoms with Crippen molar-refractivity contribution in [2.24, 2.45) is 0 Å². The van der Waals surface area contributed by atoms with Gasteiger partial charge in [0.1, 0.15) is 0 Å². The van der Waals surface area contributed by atoms with Gasteiger partial charge in [-0.25, -0.2) is 0 Å². The van der Waals surface area contributed by atoms with E-state index in [1.165, 1.54) is 8.92 Å². The van der Waals surface area contributed by atoms with Gasteiger partial charge in [-0.1, -0.05) is 0 Å². The monoisotopic (exact) mass is 394 g/mol. The summed E-state index contributed by atoms with van der Waals surface area (Å²) in [6, 6.07) is 21.6. The molecule has 0 aromatic heterocycles. The van der Waals surface area contributed by atoms with Crippen LogP contribution in [0.1, 0.15) is 0 Å². The zero-order valence-corrected chi connectivity index (χ0v) is 13.1. The Morgan fingerprint density at radius 3 is 1.20 bits per heavy atom. The summed E-state index contributed by atoms with van der Waals surface area (Å²) in [6.45, 7) is 0. The number of hydrogen-bond donors (Lipinski definition) is 0. The van der Waals surface area contributed by atoms with Crippen molar-refractivity contribution in [1.29, 1.82) is 0 Å². The number of benzene rings is 2. The summed E-state index contributed by atoms with van der Waals surface area (Å²) in [5.74, 6) is 0. The molecule has 3 heteroatoms. The fourth-order valence-corrected chi connectivity index (χ4v) is 7.10. The number of rotatable bonds is 3. The van der Waals surface area contributed by atoms with Crippen molar-refractivity contribution in [2.75, 3.05) is 0 Å². The fourth-order valence-electron chi connectivity index (χ4n) is 1.05. The fraction of sp³-hybridized carbons (Fsp3) is 0. The molecule has 15 heavy (non-hydrogen) atoms. The van der Waals surface area contributed by atoms with Crippen LogP contribution in [0.4, 0.5) is 0 Å². The van der Waals surface area contributed by atoms with Gasteiger partial charge in [0.25, 0.3) is 0 Å². The van der Waals surface area contributed by atoms with Crippen LogP contribution in [0.3, 0.4) is 0 Å². The first-order valence-electron chi connectivity index (χ1n) is 4.40. The Morgan fingerprint density at radius 2 is 0.867 bits per heavy atom. The first-order valence-corrected chi connectivity index (χ1v) is 10.4. The van der Waals surface area contributed by atoms with Crippen LogP contribution >= 0.6 is 0 Å². The number of hydrogen-bond acceptors (Lipinski definition) is 0. The predicted molar refractivity (Wildman–Crippen MR) is 69.4 cm³/mol. The van der Waals surface area contributed by atoms with E-state index in [9.17, 15) is 0 Å². The maximum atomic E-state index is 2.23. The van der Waals surface area contributed by atoms with Crippen LogP contribution in [0.5, 0.6) is 0 Å². The van der Waals surface area contributed by atoms with Crippen molar-refractivity contribution < 1.29 is 0 Å². The van der Waals surface area contributed by atoms with Gasteiger partial charge in [0.2, 0.25) is 0 Å². The summed E-state index contributed by atoms with van der Waals surface area (Å²) >= 11 is 1.27. The van der Waals surface area contributed by atoms with Gasteiger partial charge >= 0.3 is 95.9 Å². The van der Waals surface area contributed by atoms with Crippen LogP contribution in [0.2, 0.25) is 0 Å². The molecular weight excluding hydrogens is 381 g/mol. The summed E-state index contributed by atoms with van der Waals surface area (Å²) < 4.78 is 3.01. The molecule has 0 N–H and O–H groups in total. The Kier molecular flexibility index (Phi) is 6.36. The Balaban J connectivity index is 0.00000112. The van der Waals surface area contributed by atoms with Gasteiger partial charge in [-0.2, -0.15) is 0 Å². The third-order valence-electron chi connectivity index (χ3n) is 1.72. The van der Waals surface area contributed by atoms with E-state index in [-0.39, 0.29) is 17.1 Å². The zero-order valence-electron chi connectivity index (χ0n) is 8.00. The molecule has 0 nitrogen and oxygen atoms in total. The molecule has 0 saturated heterocycles. The standard InChI is InChI=1S/C12H10Se2.Se/c1-3-7-11(8-4-1)13-14-12-9-5-2-6-10-12;/h1-10H;. The molecule has 0 bridgehead atoms. The minimum absolute atomic E-state index is 0. The van der Waals surface area contributed by atoms with Gasteiger partial charge in [0, 0.05) is 17.1 Å². The SMILES string of the molecule is [Se].c1ccc([Se][Se]c2ccccc2)cc1. The molecule has 2 radical (unpaired) electrons. The van der Waals surface area contributed by atoms with E-state index in [0.717, 1.165) is 0 Å². The molecule has 2 aromatic rings. The van der Waals surface area contributed by atoms with Crippen LogP contribution < -0.4 is 8.92 Å². The molecule has 0 fully saturated rings. The Hall–Kier alpha value is -0.00156. The van der Waals surface area contributed by atoms with E-state index in [4.69, 9.17) is 0 Å². The average Bonchev–Trinajstić information content (AvgIpc) is 2.29. The van der Waals surface area contributed by atoms with Gasteiger partial charge in [-0.05, 0) is 0 Å². The molecule has 0 saturated carbocycles. The molecule has 0 aliphatic heterocycles. The molecule has 0 unspecified atom stereocenters. The second-order valence-electron chi connectivity index (χ2n) is 2.79. The maximum absolute atomic E-state index is 2.23. The zero-order chi connectivity index (χ0) is 9.64. The first kappa shape index (κ1) is 13.1. The van der Waals surface area contributed by atoms with Crippen LogP contribution in [0.15, 0.2) is 60.7 Å². The van der Waals surface area contributed by atoms with Crippen molar-refractivity contribution >= 4 is 52.3 Å². The van der Waals surface area contributed by atoms with E-state index in [2.05, 4.69) is 60.7 Å². The summed E-state index contributed by atoms with van der Waals surface area (Å²) in [5.41, 5.74) is 0. The van der Waals surface area contributed by atoms with Crippen LogP contribution in [-0.4, -0.2) is 43.3 Å². The molecule has 0 heterocycles. The summed E-state index contributed by atoms with van der Waals surface area (Å²) in [5, 5.41) is 0. The van der Waals surface area contributed by atoms with E-state index in [0.29, 0.717) is 26.3 Å². The van der Waals surface area contributed by atoms with Crippen LogP contribution in [0, 0.1) is 0 Å². The topological polar surface area (TPSA) is 0 Å². The second-order valence-corrected chi connectivity index (χ2v) is 9.10. The molecule has 0 atom stereocenters. The summed E-state index contributed by atoms with van der Waals surface area (Å²) in [7, 11) is 0. The van der Waals surface area contributed by atoms with Gasteiger partial charge < -0.3 is 0 Å². The van der Waals surface area contributed by atoms with Crippen LogP contribution in [-0.2, 0) is 0 Å². The van der Waals surface area contributed by atoms with Gasteiger partial charge in [0.05, 0.1) is 0 Å². The average molecular weight is 391 g/mol. The Morgan fingerprint density at radius 1 is 0.533 bits per heavy atom. The molecule has 2 rings (SSSR count). The van der Waals surface area contributed by atoms with E-state index in [1.54, 1.807) is 0 Å². The summed E-state index contributed by atoms with van der Waals surface area (Å²) in [6.07, 6.45) is 0. The van der Waals surface area contributed by atoms with E-state index in [1.807, 2.05) is 0 Å². The third-order valence-corrected chi connectivity index (χ3v) is 8.95. The predicted octanol–water partition coefficient (Wildman–Crippen LogP) is 0.580. The molecule has 0 spiro atoms. The molecule has 76 valence electrons. The molecule has 0 aliphatic rings. The molecule has 0 aliphatic carbocycles. The molecular formula is C12H10Se3. The Bertz CT molecular complexity index is 333. The molecule has 2 aromatic carbocycles. The second kappa shape index (κ2) is 7.30. The van der Waals surface area contributed by atoms with Gasteiger partial charge in [-0.15, -0.1) is 0 Å². The van der Waals surface area contributed by atoms with E-state index < -0.39 is 0 Å². The normalized spacial score (nSPS) is 9.33. The first-order chi connectivity index (χ1) is 6.95. The minimum atomic E-state index is 0. The van der Waals surface area contributed by atoms with Crippen molar-refractivity contribution in [2.45, 2.75) is 0 Å². The van der Waals surface area contributed by atoms with Crippen LogP contribution in [0.25, 0.3) is 0 Å². The molecule has 0 amide bonds.